The van der Waals surface area contributed by atoms with Crippen LogP contribution in [0.2, 0.25) is 0 Å². The molecule has 1 aromatic carbocycles. The minimum absolute atomic E-state index is 0.273. The van der Waals surface area contributed by atoms with Gasteiger partial charge in [-0.2, -0.15) is 0 Å². The number of halogens is 4. The zero-order valence-electron chi connectivity index (χ0n) is 15.1. The SMILES string of the molecule is CCC1OC(CC)(c2c(F)c(F)c(N=[N+]=N)c(F)c2F)OCC1(C(=O)[O-])C(=O)O. The molecule has 29 heavy (non-hydrogen) atoms. The van der Waals surface area contributed by atoms with E-state index < -0.39 is 76.8 Å². The van der Waals surface area contributed by atoms with Gasteiger partial charge in [0.25, 0.3) is 0 Å². The first kappa shape index (κ1) is 22.4. The van der Waals surface area contributed by atoms with Crippen LogP contribution in [0.25, 0.3) is 0 Å². The quantitative estimate of drug-likeness (QED) is 0.235. The summed E-state index contributed by atoms with van der Waals surface area (Å²) in [6.07, 6.45) is -2.46. The summed E-state index contributed by atoms with van der Waals surface area (Å²) in [5.74, 6) is -14.4. The van der Waals surface area contributed by atoms with E-state index in [4.69, 9.17) is 15.0 Å². The lowest BCUT2D eigenvalue weighted by Crippen LogP contribution is -2.64. The Balaban J connectivity index is 2.73. The van der Waals surface area contributed by atoms with Crippen LogP contribution in [-0.2, 0) is 24.8 Å². The molecular formula is C16H15F4N3O6. The summed E-state index contributed by atoms with van der Waals surface area (Å²) in [6.45, 7) is 1.45. The van der Waals surface area contributed by atoms with Crippen LogP contribution in [0.3, 0.4) is 0 Å². The molecule has 1 aliphatic heterocycles. The highest BCUT2D eigenvalue weighted by Gasteiger charge is 2.58. The van der Waals surface area contributed by atoms with E-state index >= 15 is 0 Å². The molecule has 158 valence electrons. The summed E-state index contributed by atoms with van der Waals surface area (Å²) in [6, 6.07) is 0. The summed E-state index contributed by atoms with van der Waals surface area (Å²) < 4.78 is 68.1. The molecule has 2 N–H and O–H groups in total. The largest absolute Gasteiger partial charge is 0.549 e. The highest BCUT2D eigenvalue weighted by atomic mass is 19.2. The highest BCUT2D eigenvalue weighted by molar-refractivity contribution is 5.98. The van der Waals surface area contributed by atoms with Gasteiger partial charge in [-0.3, -0.25) is 4.79 Å². The molecule has 1 saturated heterocycles. The monoisotopic (exact) mass is 421 g/mol. The number of nitrogens with zero attached hydrogens (tertiary/aromatic N) is 2. The summed E-state index contributed by atoms with van der Waals surface area (Å²) in [7, 11) is 0. The standard InChI is InChI=1S/C16H15F4N3O6/c1-3-6-15(13(24)25,14(26)27)5-28-16(4-2,29-6)7-8(17)10(19)12(22-23-21)11(20)9(7)18/h6,21H,3-5H2,1-2H3,(H-,24,25,26,27). The average Bonchev–Trinajstić information content (AvgIpc) is 2.69. The van der Waals surface area contributed by atoms with Crippen LogP contribution in [0.4, 0.5) is 23.2 Å². The lowest BCUT2D eigenvalue weighted by Gasteiger charge is -2.49. The lowest BCUT2D eigenvalue weighted by molar-refractivity contribution is -0.370. The van der Waals surface area contributed by atoms with Gasteiger partial charge >= 0.3 is 5.97 Å². The molecule has 0 saturated carbocycles. The molecule has 2 rings (SSSR count). The zero-order chi connectivity index (χ0) is 22.1. The second-order valence-corrected chi connectivity index (χ2v) is 6.15. The van der Waals surface area contributed by atoms with Gasteiger partial charge in [0.2, 0.25) is 16.4 Å². The van der Waals surface area contributed by atoms with Gasteiger partial charge in [0, 0.05) is 6.42 Å². The predicted octanol–water partition coefficient (Wildman–Crippen LogP) is 1.63. The first-order chi connectivity index (χ1) is 13.5. The molecule has 1 aliphatic rings. The zero-order valence-corrected chi connectivity index (χ0v) is 15.1. The van der Waals surface area contributed by atoms with E-state index in [1.165, 1.54) is 13.8 Å². The van der Waals surface area contributed by atoms with Crippen LogP contribution in [0.1, 0.15) is 32.3 Å². The third kappa shape index (κ3) is 3.16. The maximum atomic E-state index is 14.6. The molecule has 0 radical (unpaired) electrons. The van der Waals surface area contributed by atoms with Gasteiger partial charge in [-0.05, 0) is 6.42 Å². The Labute approximate surface area is 160 Å². The van der Waals surface area contributed by atoms with E-state index in [1.807, 2.05) is 0 Å². The Morgan fingerprint density at radius 1 is 1.24 bits per heavy atom. The lowest BCUT2D eigenvalue weighted by atomic mass is 9.79. The minimum atomic E-state index is -2.71. The maximum absolute atomic E-state index is 14.6. The van der Waals surface area contributed by atoms with E-state index in [1.54, 1.807) is 0 Å². The molecule has 3 atom stereocenters. The maximum Gasteiger partial charge on any atom is 0.320 e. The molecule has 3 unspecified atom stereocenters. The first-order valence-corrected chi connectivity index (χ1v) is 8.24. The van der Waals surface area contributed by atoms with Crippen molar-refractivity contribution in [1.82, 2.24) is 4.91 Å². The topological polar surface area (TPSA) is 146 Å². The minimum Gasteiger partial charge on any atom is -0.549 e. The first-order valence-electron chi connectivity index (χ1n) is 8.24. The smallest absolute Gasteiger partial charge is 0.320 e. The molecule has 1 fully saturated rings. The molecular weight excluding hydrogens is 406 g/mol. The Morgan fingerprint density at radius 3 is 2.17 bits per heavy atom. The van der Waals surface area contributed by atoms with Crippen molar-refractivity contribution in [2.24, 2.45) is 10.5 Å². The van der Waals surface area contributed by atoms with E-state index in [0.717, 1.165) is 0 Å². The number of aliphatic carboxylic acids is 2. The number of carboxylic acid groups (broad SMARTS) is 2. The second-order valence-electron chi connectivity index (χ2n) is 6.15. The van der Waals surface area contributed by atoms with E-state index in [0.29, 0.717) is 0 Å². The number of nitrogens with one attached hydrogen (secondary N) is 1. The predicted molar refractivity (Wildman–Crippen MR) is 81.4 cm³/mol. The van der Waals surface area contributed by atoms with Crippen molar-refractivity contribution in [3.63, 3.8) is 0 Å². The van der Waals surface area contributed by atoms with Crippen LogP contribution in [0.15, 0.2) is 5.11 Å². The number of carboxylic acids is 2. The van der Waals surface area contributed by atoms with Crippen LogP contribution in [0.5, 0.6) is 0 Å². The Kier molecular flexibility index (Phi) is 6.07. The number of benzene rings is 1. The van der Waals surface area contributed by atoms with Crippen molar-refractivity contribution in [3.05, 3.63) is 28.8 Å². The summed E-state index contributed by atoms with van der Waals surface area (Å²) in [4.78, 5) is 25.4. The summed E-state index contributed by atoms with van der Waals surface area (Å²) in [5, 5.41) is 23.6. The number of carbonyl (C=O) groups is 2. The number of carbonyl (C=O) groups excluding carboxylic acids is 1. The average molecular weight is 421 g/mol. The van der Waals surface area contributed by atoms with Gasteiger partial charge in [-0.1, -0.05) is 13.8 Å². The molecule has 13 heteroatoms. The summed E-state index contributed by atoms with van der Waals surface area (Å²) >= 11 is 0. The fraction of sp³-hybridized carbons (Fsp3) is 0.500. The normalized spacial score (nSPS) is 26.6. The van der Waals surface area contributed by atoms with Crippen LogP contribution < -0.4 is 10.0 Å². The number of hydrogen-bond donors (Lipinski definition) is 2. The molecule has 0 amide bonds. The van der Waals surface area contributed by atoms with Crippen molar-refractivity contribution in [3.8, 4) is 0 Å². The second kappa shape index (κ2) is 7.85. The van der Waals surface area contributed by atoms with E-state index in [9.17, 15) is 37.4 Å². The van der Waals surface area contributed by atoms with Gasteiger partial charge < -0.3 is 24.5 Å². The molecule has 0 aliphatic carbocycles. The van der Waals surface area contributed by atoms with Crippen molar-refractivity contribution in [1.29, 1.82) is 5.53 Å². The Bertz CT molecular complexity index is 877. The van der Waals surface area contributed by atoms with Crippen molar-refractivity contribution in [2.45, 2.75) is 38.6 Å². The fourth-order valence-corrected chi connectivity index (χ4v) is 3.18. The number of rotatable bonds is 6. The van der Waals surface area contributed by atoms with Crippen LogP contribution in [0, 0.1) is 34.2 Å². The molecule has 1 heterocycles. The molecule has 0 spiro atoms. The third-order valence-corrected chi connectivity index (χ3v) is 4.77. The van der Waals surface area contributed by atoms with Crippen molar-refractivity contribution >= 4 is 17.6 Å². The number of ether oxygens (including phenoxy) is 2. The Morgan fingerprint density at radius 2 is 1.79 bits per heavy atom. The van der Waals surface area contributed by atoms with Crippen LogP contribution >= 0.6 is 0 Å². The van der Waals surface area contributed by atoms with E-state index in [2.05, 4.69) is 10.0 Å². The summed E-state index contributed by atoms with van der Waals surface area (Å²) in [5.41, 5.74) is 0.912. The molecule has 0 bridgehead atoms. The van der Waals surface area contributed by atoms with Gasteiger partial charge in [0.1, 0.15) is 5.53 Å². The Hall–Kier alpha value is -2.89. The van der Waals surface area contributed by atoms with Crippen molar-refractivity contribution in [2.75, 3.05) is 6.61 Å². The molecule has 9 nitrogen and oxygen atoms in total. The van der Waals surface area contributed by atoms with Crippen LogP contribution in [-0.4, -0.2) is 29.8 Å². The van der Waals surface area contributed by atoms with Gasteiger partial charge in [-0.25, -0.2) is 17.6 Å². The third-order valence-electron chi connectivity index (χ3n) is 4.77. The van der Waals surface area contributed by atoms with Gasteiger partial charge in [0.15, 0.2) is 33.8 Å². The highest BCUT2D eigenvalue weighted by Crippen LogP contribution is 2.47. The molecule has 1 aromatic rings. The number of hydrogen-bond acceptors (Lipinski definition) is 7. The van der Waals surface area contributed by atoms with Gasteiger partial charge in [0.05, 0.1) is 24.2 Å². The van der Waals surface area contributed by atoms with Gasteiger partial charge in [-0.15, -0.1) is 0 Å². The molecule has 0 aromatic heterocycles. The van der Waals surface area contributed by atoms with E-state index in [-0.39, 0.29) is 6.42 Å². The van der Waals surface area contributed by atoms with Crippen molar-refractivity contribution < 1.29 is 46.8 Å². The fourth-order valence-electron chi connectivity index (χ4n) is 3.18.